The van der Waals surface area contributed by atoms with Crippen molar-refractivity contribution in [2.75, 3.05) is 21.2 Å². The molecule has 0 N–H and O–H groups in total. The second-order valence-electron chi connectivity index (χ2n) is 10.2. The van der Waals surface area contributed by atoms with Crippen LogP contribution >= 0.6 is 0 Å². The number of imidazole rings is 1. The molecule has 0 radical (unpaired) electrons. The highest BCUT2D eigenvalue weighted by Gasteiger charge is 2.39. The molecule has 0 spiro atoms. The summed E-state index contributed by atoms with van der Waals surface area (Å²) >= 11 is 0. The summed E-state index contributed by atoms with van der Waals surface area (Å²) in [7, 11) is 5.17. The van der Waals surface area contributed by atoms with Crippen LogP contribution in [0.15, 0.2) is 60.6 Å². The molecule has 2 aliphatic heterocycles. The molecule has 2 atom stereocenters. The molecule has 3 aromatic rings. The monoisotopic (exact) mass is 498 g/mol. The lowest BCUT2D eigenvalue weighted by atomic mass is 9.83. The summed E-state index contributed by atoms with van der Waals surface area (Å²) in [6.45, 7) is 1.95. The lowest BCUT2D eigenvalue weighted by Crippen LogP contribution is -2.49. The molecule has 5 rings (SSSR count). The van der Waals surface area contributed by atoms with E-state index >= 15 is 0 Å². The van der Waals surface area contributed by atoms with Crippen molar-refractivity contribution in [1.29, 1.82) is 0 Å². The van der Waals surface area contributed by atoms with Crippen LogP contribution < -0.4 is 4.74 Å². The minimum atomic E-state index is -0.0167. The number of amides is 2. The molecule has 0 saturated carbocycles. The van der Waals surface area contributed by atoms with Gasteiger partial charge < -0.3 is 19.1 Å². The van der Waals surface area contributed by atoms with E-state index < -0.39 is 0 Å². The normalized spacial score (nSPS) is 20.6. The molecule has 2 fully saturated rings. The van der Waals surface area contributed by atoms with Crippen molar-refractivity contribution in [2.45, 2.75) is 51.1 Å². The lowest BCUT2D eigenvalue weighted by Gasteiger charge is -2.46. The molecule has 2 aromatic carbocycles. The minimum Gasteiger partial charge on any atom is -0.495 e. The van der Waals surface area contributed by atoms with Gasteiger partial charge in [-0.05, 0) is 80.5 Å². The Kier molecular flexibility index (Phi) is 6.87. The Morgan fingerprint density at radius 2 is 1.89 bits per heavy atom. The predicted octanol–water partition coefficient (Wildman–Crippen LogP) is 5.19. The molecule has 2 amide bonds. The van der Waals surface area contributed by atoms with E-state index in [-0.39, 0.29) is 23.9 Å². The summed E-state index contributed by atoms with van der Waals surface area (Å²) in [6.07, 6.45) is 10.6. The summed E-state index contributed by atoms with van der Waals surface area (Å²) in [5, 5.41) is 0. The fourth-order valence-corrected chi connectivity index (χ4v) is 5.58. The van der Waals surface area contributed by atoms with Gasteiger partial charge in [-0.25, -0.2) is 4.98 Å². The van der Waals surface area contributed by atoms with E-state index in [1.54, 1.807) is 32.4 Å². The Labute approximate surface area is 218 Å². The summed E-state index contributed by atoms with van der Waals surface area (Å²) in [5.74, 6) is 0.829. The van der Waals surface area contributed by atoms with Crippen LogP contribution in [0.5, 0.6) is 5.75 Å². The van der Waals surface area contributed by atoms with Crippen molar-refractivity contribution >= 4 is 17.9 Å². The van der Waals surface area contributed by atoms with Gasteiger partial charge in [-0.2, -0.15) is 0 Å². The maximum absolute atomic E-state index is 13.8. The van der Waals surface area contributed by atoms with Gasteiger partial charge in [0, 0.05) is 37.5 Å². The molecular formula is C30H34N4O3. The molecule has 1 aromatic heterocycles. The van der Waals surface area contributed by atoms with Gasteiger partial charge in [-0.1, -0.05) is 18.2 Å². The first-order valence-electron chi connectivity index (χ1n) is 12.9. The second-order valence-corrected chi connectivity index (χ2v) is 10.2. The Morgan fingerprint density at radius 1 is 1.11 bits per heavy atom. The highest BCUT2D eigenvalue weighted by Crippen LogP contribution is 2.41. The third-order valence-corrected chi connectivity index (χ3v) is 7.48. The van der Waals surface area contributed by atoms with Gasteiger partial charge in [0.15, 0.2) is 0 Å². The van der Waals surface area contributed by atoms with Crippen molar-refractivity contribution < 1.29 is 14.3 Å². The summed E-state index contributed by atoms with van der Waals surface area (Å²) in [4.78, 5) is 34.1. The quantitative estimate of drug-likeness (QED) is 0.454. The Hall–Kier alpha value is -3.87. The van der Waals surface area contributed by atoms with Gasteiger partial charge in [-0.15, -0.1) is 0 Å². The lowest BCUT2D eigenvalue weighted by molar-refractivity contribution is -0.136. The number of piperidine rings is 2. The summed E-state index contributed by atoms with van der Waals surface area (Å²) in [6, 6.07) is 14.1. The molecule has 7 nitrogen and oxygen atoms in total. The smallest absolute Gasteiger partial charge is 0.253 e. The molecule has 0 aliphatic carbocycles. The predicted molar refractivity (Wildman–Crippen MR) is 144 cm³/mol. The van der Waals surface area contributed by atoms with Crippen LogP contribution in [0.3, 0.4) is 0 Å². The van der Waals surface area contributed by atoms with Crippen LogP contribution in [0.4, 0.5) is 0 Å². The number of nitrogens with zero attached hydrogens (tertiary/aromatic N) is 4. The highest BCUT2D eigenvalue weighted by molar-refractivity contribution is 5.99. The van der Waals surface area contributed by atoms with Crippen molar-refractivity contribution in [3.63, 3.8) is 0 Å². The molecule has 2 aliphatic rings. The third kappa shape index (κ3) is 4.90. The van der Waals surface area contributed by atoms with E-state index in [9.17, 15) is 9.59 Å². The molecule has 3 heterocycles. The standard InChI is InChI=1S/C30H34N4O3/c1-20-18-33(19-31-20)27-15-8-21(17-28(27)37-4)16-24-13-14-25-6-5-7-26(34(25)30(24)36)22-9-11-23(12-10-22)29(35)32(2)3/h8-12,15-19,25-26H,5-7,13-14H2,1-4H3/b24-16+/t25-,26+/m1/s1. The van der Waals surface area contributed by atoms with Crippen LogP contribution in [-0.4, -0.2) is 58.4 Å². The number of benzene rings is 2. The summed E-state index contributed by atoms with van der Waals surface area (Å²) < 4.78 is 7.61. The number of fused-ring (bicyclic) bond motifs is 1. The molecular weight excluding hydrogens is 464 g/mol. The van der Waals surface area contributed by atoms with Gasteiger partial charge in [-0.3, -0.25) is 9.59 Å². The zero-order chi connectivity index (χ0) is 26.1. The van der Waals surface area contributed by atoms with Gasteiger partial charge in [0.05, 0.1) is 30.9 Å². The van der Waals surface area contributed by atoms with Crippen LogP contribution in [0, 0.1) is 6.92 Å². The molecule has 0 bridgehead atoms. The first-order valence-corrected chi connectivity index (χ1v) is 12.9. The molecule has 2 saturated heterocycles. The van der Waals surface area contributed by atoms with E-state index in [2.05, 4.69) is 9.88 Å². The van der Waals surface area contributed by atoms with Crippen LogP contribution in [0.1, 0.15) is 65.3 Å². The average molecular weight is 499 g/mol. The van der Waals surface area contributed by atoms with Crippen molar-refractivity contribution in [1.82, 2.24) is 19.4 Å². The molecule has 37 heavy (non-hydrogen) atoms. The van der Waals surface area contributed by atoms with Crippen molar-refractivity contribution in [3.05, 3.63) is 82.9 Å². The minimum absolute atomic E-state index is 0.0167. The fourth-order valence-electron chi connectivity index (χ4n) is 5.58. The zero-order valence-corrected chi connectivity index (χ0v) is 22.0. The van der Waals surface area contributed by atoms with Crippen molar-refractivity contribution in [2.24, 2.45) is 0 Å². The number of ether oxygens (including phenoxy) is 1. The number of carbonyl (C=O) groups is 2. The highest BCUT2D eigenvalue weighted by atomic mass is 16.5. The first-order chi connectivity index (χ1) is 17.9. The number of aryl methyl sites for hydroxylation is 1. The number of hydrogen-bond acceptors (Lipinski definition) is 4. The molecule has 0 unspecified atom stereocenters. The number of rotatable bonds is 5. The Balaban J connectivity index is 1.41. The topological polar surface area (TPSA) is 67.7 Å². The number of methoxy groups -OCH3 is 1. The maximum Gasteiger partial charge on any atom is 0.253 e. The van der Waals surface area contributed by atoms with Crippen LogP contribution in [0.2, 0.25) is 0 Å². The van der Waals surface area contributed by atoms with Gasteiger partial charge >= 0.3 is 0 Å². The summed E-state index contributed by atoms with van der Waals surface area (Å²) in [5.41, 5.74) is 5.37. The van der Waals surface area contributed by atoms with Gasteiger partial charge in [0.2, 0.25) is 0 Å². The number of carbonyl (C=O) groups excluding carboxylic acids is 2. The fraction of sp³-hybridized carbons (Fsp3) is 0.367. The van der Waals surface area contributed by atoms with Gasteiger partial charge in [0.25, 0.3) is 11.8 Å². The van der Waals surface area contributed by atoms with E-state index in [0.717, 1.165) is 65.9 Å². The molecule has 7 heteroatoms. The second kappa shape index (κ2) is 10.2. The number of aromatic nitrogens is 2. The van der Waals surface area contributed by atoms with Crippen molar-refractivity contribution in [3.8, 4) is 11.4 Å². The average Bonchev–Trinajstić information content (AvgIpc) is 3.35. The SMILES string of the molecule is COc1cc(/C=C2\CC[C@H]3CCC[C@@H](c4ccc(C(=O)N(C)C)cc4)N3C2=O)ccc1-n1cnc(C)c1. The van der Waals surface area contributed by atoms with Crippen LogP contribution in [-0.2, 0) is 4.79 Å². The first kappa shape index (κ1) is 24.8. The van der Waals surface area contributed by atoms with E-state index in [1.165, 1.54) is 0 Å². The van der Waals surface area contributed by atoms with E-state index in [4.69, 9.17) is 4.74 Å². The Morgan fingerprint density at radius 3 is 2.57 bits per heavy atom. The maximum atomic E-state index is 13.8. The number of hydrogen-bond donors (Lipinski definition) is 0. The third-order valence-electron chi connectivity index (χ3n) is 7.48. The van der Waals surface area contributed by atoms with E-state index in [0.29, 0.717) is 5.56 Å². The van der Waals surface area contributed by atoms with Gasteiger partial charge in [0.1, 0.15) is 5.75 Å². The Bertz CT molecular complexity index is 1340. The zero-order valence-electron chi connectivity index (χ0n) is 22.0. The van der Waals surface area contributed by atoms with Crippen LogP contribution in [0.25, 0.3) is 11.8 Å². The molecule has 192 valence electrons. The van der Waals surface area contributed by atoms with E-state index in [1.807, 2.05) is 66.2 Å². The largest absolute Gasteiger partial charge is 0.495 e.